The fraction of sp³-hybridized carbons (Fsp3) is 0.294. The Hall–Kier alpha value is -1.84. The van der Waals surface area contributed by atoms with Gasteiger partial charge in [0.25, 0.3) is 0 Å². The van der Waals surface area contributed by atoms with Gasteiger partial charge in [-0.1, -0.05) is 13.0 Å². The summed E-state index contributed by atoms with van der Waals surface area (Å²) in [6.45, 7) is 2.03. The molecule has 0 fully saturated rings. The van der Waals surface area contributed by atoms with Gasteiger partial charge in [0.05, 0.1) is 17.1 Å². The number of benzene rings is 1. The van der Waals surface area contributed by atoms with Gasteiger partial charge in [-0.15, -0.1) is 11.3 Å². The van der Waals surface area contributed by atoms with Gasteiger partial charge in [0.1, 0.15) is 16.8 Å². The van der Waals surface area contributed by atoms with Crippen LogP contribution in [-0.2, 0) is 17.6 Å². The predicted octanol–water partition coefficient (Wildman–Crippen LogP) is 4.52. The number of amides is 1. The van der Waals surface area contributed by atoms with E-state index in [1.54, 1.807) is 7.11 Å². The van der Waals surface area contributed by atoms with E-state index < -0.39 is 0 Å². The molecule has 0 atom stereocenters. The van der Waals surface area contributed by atoms with Crippen LogP contribution in [0.4, 0.5) is 5.00 Å². The maximum absolute atomic E-state index is 12.1. The summed E-state index contributed by atoms with van der Waals surface area (Å²) in [5, 5.41) is 12.6. The number of nitrogens with one attached hydrogen (secondary N) is 1. The molecule has 1 aromatic heterocycles. The zero-order valence-electron chi connectivity index (χ0n) is 13.0. The molecule has 4 nitrogen and oxygen atoms in total. The van der Waals surface area contributed by atoms with E-state index in [1.165, 1.54) is 11.3 Å². The predicted molar refractivity (Wildman–Crippen MR) is 96.1 cm³/mol. The number of hydrogen-bond donors (Lipinski definition) is 1. The van der Waals surface area contributed by atoms with E-state index in [-0.39, 0.29) is 5.91 Å². The smallest absolute Gasteiger partial charge is 0.225 e. The van der Waals surface area contributed by atoms with Crippen molar-refractivity contribution in [1.82, 2.24) is 0 Å². The Morgan fingerprint density at radius 1 is 1.43 bits per heavy atom. The first kappa shape index (κ1) is 17.5. The van der Waals surface area contributed by atoms with Gasteiger partial charge >= 0.3 is 0 Å². The molecule has 1 heterocycles. The first-order chi connectivity index (χ1) is 11.1. The van der Waals surface area contributed by atoms with Crippen LogP contribution in [0.1, 0.15) is 29.3 Å². The lowest BCUT2D eigenvalue weighted by atomic mass is 10.1. The summed E-state index contributed by atoms with van der Waals surface area (Å²) in [6.07, 6.45) is 1.85. The number of carbonyl (C=O) groups is 1. The Kier molecular flexibility index (Phi) is 6.20. The first-order valence-electron chi connectivity index (χ1n) is 7.22. The van der Waals surface area contributed by atoms with Crippen LogP contribution in [0.2, 0.25) is 0 Å². The summed E-state index contributed by atoms with van der Waals surface area (Å²) < 4.78 is 6.06. The Bertz CT molecular complexity index is 750. The van der Waals surface area contributed by atoms with Crippen LogP contribution >= 0.6 is 27.3 Å². The molecule has 0 aliphatic rings. The fourth-order valence-corrected chi connectivity index (χ4v) is 3.66. The summed E-state index contributed by atoms with van der Waals surface area (Å²) in [5.74, 6) is 0.681. The topological polar surface area (TPSA) is 62.1 Å². The standard InChI is InChI=1S/C17H17BrN2O2S/c1-3-13-9-12(10-19)17(23-13)20-16(21)7-5-11-4-6-15(22-2)14(18)8-11/h4,6,8-9H,3,5,7H2,1-2H3,(H,20,21). The monoisotopic (exact) mass is 392 g/mol. The number of aryl methyl sites for hydroxylation is 2. The average molecular weight is 393 g/mol. The summed E-state index contributed by atoms with van der Waals surface area (Å²) >= 11 is 4.90. The number of carbonyl (C=O) groups excluding carboxylic acids is 1. The summed E-state index contributed by atoms with van der Waals surface area (Å²) in [7, 11) is 1.62. The molecular formula is C17H17BrN2O2S. The van der Waals surface area contributed by atoms with E-state index >= 15 is 0 Å². The zero-order chi connectivity index (χ0) is 16.8. The third kappa shape index (κ3) is 4.57. The van der Waals surface area contributed by atoms with Crippen LogP contribution in [0.25, 0.3) is 0 Å². The molecule has 0 unspecified atom stereocenters. The van der Waals surface area contributed by atoms with Crippen molar-refractivity contribution in [1.29, 1.82) is 5.26 Å². The highest BCUT2D eigenvalue weighted by molar-refractivity contribution is 9.10. The van der Waals surface area contributed by atoms with E-state index in [0.717, 1.165) is 27.1 Å². The Morgan fingerprint density at radius 2 is 2.22 bits per heavy atom. The van der Waals surface area contributed by atoms with Crippen LogP contribution in [0.5, 0.6) is 5.75 Å². The van der Waals surface area contributed by atoms with Crippen LogP contribution < -0.4 is 10.1 Å². The molecule has 1 amide bonds. The second-order valence-electron chi connectivity index (χ2n) is 4.94. The molecular weight excluding hydrogens is 376 g/mol. The highest BCUT2D eigenvalue weighted by Gasteiger charge is 2.11. The van der Waals surface area contributed by atoms with Crippen molar-refractivity contribution in [2.45, 2.75) is 26.2 Å². The number of anilines is 1. The Balaban J connectivity index is 1.96. The molecule has 0 aliphatic carbocycles. The lowest BCUT2D eigenvalue weighted by molar-refractivity contribution is -0.116. The lowest BCUT2D eigenvalue weighted by Crippen LogP contribution is -2.12. The van der Waals surface area contributed by atoms with Crippen molar-refractivity contribution < 1.29 is 9.53 Å². The van der Waals surface area contributed by atoms with Crippen LogP contribution in [0.3, 0.4) is 0 Å². The minimum absolute atomic E-state index is 0.0852. The summed E-state index contributed by atoms with van der Waals surface area (Å²) in [4.78, 5) is 13.2. The van der Waals surface area contributed by atoms with Gasteiger partial charge in [-0.25, -0.2) is 0 Å². The molecule has 2 rings (SSSR count). The molecule has 0 saturated carbocycles. The van der Waals surface area contributed by atoms with Gasteiger partial charge in [-0.2, -0.15) is 5.26 Å². The van der Waals surface area contributed by atoms with Crippen molar-refractivity contribution >= 4 is 38.2 Å². The van der Waals surface area contributed by atoms with E-state index in [1.807, 2.05) is 31.2 Å². The number of nitriles is 1. The van der Waals surface area contributed by atoms with Crippen molar-refractivity contribution in [2.75, 3.05) is 12.4 Å². The molecule has 0 saturated heterocycles. The normalized spacial score (nSPS) is 10.2. The van der Waals surface area contributed by atoms with Crippen molar-refractivity contribution in [2.24, 2.45) is 0 Å². The maximum Gasteiger partial charge on any atom is 0.225 e. The SMILES string of the molecule is CCc1cc(C#N)c(NC(=O)CCc2ccc(OC)c(Br)c2)s1. The Labute approximate surface area is 148 Å². The van der Waals surface area contributed by atoms with Gasteiger partial charge in [0, 0.05) is 11.3 Å². The number of hydrogen-bond acceptors (Lipinski definition) is 4. The van der Waals surface area contributed by atoms with Gasteiger partial charge < -0.3 is 10.1 Å². The number of methoxy groups -OCH3 is 1. The van der Waals surface area contributed by atoms with Gasteiger partial charge in [-0.05, 0) is 52.5 Å². The third-order valence-electron chi connectivity index (χ3n) is 3.36. The molecule has 1 aromatic carbocycles. The Morgan fingerprint density at radius 3 is 2.83 bits per heavy atom. The van der Waals surface area contributed by atoms with Gasteiger partial charge in [0.15, 0.2) is 0 Å². The molecule has 0 bridgehead atoms. The average Bonchev–Trinajstić information content (AvgIpc) is 2.95. The maximum atomic E-state index is 12.1. The molecule has 0 spiro atoms. The van der Waals surface area contributed by atoms with Crippen molar-refractivity contribution in [3.05, 3.63) is 44.7 Å². The number of thiophene rings is 1. The quantitative estimate of drug-likeness (QED) is 0.785. The van der Waals surface area contributed by atoms with Crippen molar-refractivity contribution in [3.8, 4) is 11.8 Å². The molecule has 1 N–H and O–H groups in total. The molecule has 23 heavy (non-hydrogen) atoms. The fourth-order valence-electron chi connectivity index (χ4n) is 2.10. The van der Waals surface area contributed by atoms with Crippen LogP contribution in [0, 0.1) is 11.3 Å². The van der Waals surface area contributed by atoms with Crippen LogP contribution in [-0.4, -0.2) is 13.0 Å². The summed E-state index contributed by atoms with van der Waals surface area (Å²) in [5.41, 5.74) is 1.58. The lowest BCUT2D eigenvalue weighted by Gasteiger charge is -2.07. The van der Waals surface area contributed by atoms with E-state index in [4.69, 9.17) is 10.00 Å². The number of rotatable bonds is 6. The first-order valence-corrected chi connectivity index (χ1v) is 8.83. The number of halogens is 1. The number of nitrogens with zero attached hydrogens (tertiary/aromatic N) is 1. The minimum Gasteiger partial charge on any atom is -0.496 e. The second-order valence-corrected chi connectivity index (χ2v) is 6.93. The minimum atomic E-state index is -0.0852. The van der Waals surface area contributed by atoms with E-state index in [0.29, 0.717) is 23.4 Å². The molecule has 0 radical (unpaired) electrons. The van der Waals surface area contributed by atoms with Crippen molar-refractivity contribution in [3.63, 3.8) is 0 Å². The highest BCUT2D eigenvalue weighted by Crippen LogP contribution is 2.28. The van der Waals surface area contributed by atoms with E-state index in [9.17, 15) is 4.79 Å². The second kappa shape index (κ2) is 8.14. The number of ether oxygens (including phenoxy) is 1. The van der Waals surface area contributed by atoms with Gasteiger partial charge in [0.2, 0.25) is 5.91 Å². The summed E-state index contributed by atoms with van der Waals surface area (Å²) in [6, 6.07) is 9.73. The van der Waals surface area contributed by atoms with Gasteiger partial charge in [-0.3, -0.25) is 4.79 Å². The molecule has 6 heteroatoms. The highest BCUT2D eigenvalue weighted by atomic mass is 79.9. The molecule has 2 aromatic rings. The molecule has 120 valence electrons. The molecule has 0 aliphatic heterocycles. The van der Waals surface area contributed by atoms with Crippen LogP contribution in [0.15, 0.2) is 28.7 Å². The third-order valence-corrected chi connectivity index (χ3v) is 5.18. The largest absolute Gasteiger partial charge is 0.496 e. The van der Waals surface area contributed by atoms with E-state index in [2.05, 4.69) is 27.3 Å². The zero-order valence-corrected chi connectivity index (χ0v) is 15.4.